The SMILES string of the molecule is COCc1cccc(NC(=O)c2cc(F)ccc2OC)c1. The third kappa shape index (κ3) is 3.79. The summed E-state index contributed by atoms with van der Waals surface area (Å²) in [5.74, 6) is -0.600. The average Bonchev–Trinajstić information content (AvgIpc) is 2.48. The number of nitrogens with one attached hydrogen (secondary N) is 1. The first kappa shape index (κ1) is 15.0. The second-order valence-electron chi connectivity index (χ2n) is 4.43. The first-order valence-corrected chi connectivity index (χ1v) is 6.37. The van der Waals surface area contributed by atoms with E-state index in [-0.39, 0.29) is 5.56 Å². The van der Waals surface area contributed by atoms with Crippen LogP contribution in [0.2, 0.25) is 0 Å². The van der Waals surface area contributed by atoms with Gasteiger partial charge in [0, 0.05) is 12.8 Å². The molecule has 110 valence electrons. The van der Waals surface area contributed by atoms with Crippen LogP contribution in [0.15, 0.2) is 42.5 Å². The van der Waals surface area contributed by atoms with Gasteiger partial charge >= 0.3 is 0 Å². The van der Waals surface area contributed by atoms with Crippen molar-refractivity contribution in [2.75, 3.05) is 19.5 Å². The van der Waals surface area contributed by atoms with E-state index >= 15 is 0 Å². The van der Waals surface area contributed by atoms with Crippen molar-refractivity contribution in [1.29, 1.82) is 0 Å². The summed E-state index contributed by atoms with van der Waals surface area (Å²) in [4.78, 5) is 12.2. The second-order valence-corrected chi connectivity index (χ2v) is 4.43. The van der Waals surface area contributed by atoms with Crippen LogP contribution in [-0.2, 0) is 11.3 Å². The Morgan fingerprint density at radius 2 is 2.00 bits per heavy atom. The minimum Gasteiger partial charge on any atom is -0.496 e. The predicted octanol–water partition coefficient (Wildman–Crippen LogP) is 3.23. The van der Waals surface area contributed by atoms with Gasteiger partial charge in [0.05, 0.1) is 19.3 Å². The van der Waals surface area contributed by atoms with Gasteiger partial charge in [0.15, 0.2) is 0 Å². The number of carbonyl (C=O) groups is 1. The minimum atomic E-state index is -0.492. The lowest BCUT2D eigenvalue weighted by molar-refractivity contribution is 0.102. The van der Waals surface area contributed by atoms with E-state index in [0.717, 1.165) is 11.6 Å². The zero-order valence-corrected chi connectivity index (χ0v) is 11.9. The maximum Gasteiger partial charge on any atom is 0.259 e. The molecule has 2 aromatic carbocycles. The summed E-state index contributed by atoms with van der Waals surface area (Å²) in [6.45, 7) is 0.451. The topological polar surface area (TPSA) is 47.6 Å². The number of hydrogen-bond acceptors (Lipinski definition) is 3. The van der Waals surface area contributed by atoms with E-state index in [1.165, 1.54) is 19.2 Å². The lowest BCUT2D eigenvalue weighted by Crippen LogP contribution is -2.13. The van der Waals surface area contributed by atoms with E-state index in [1.54, 1.807) is 19.2 Å². The molecule has 0 heterocycles. The first-order valence-electron chi connectivity index (χ1n) is 6.37. The summed E-state index contributed by atoms with van der Waals surface area (Å²) in [6.07, 6.45) is 0. The molecule has 1 amide bonds. The van der Waals surface area contributed by atoms with Crippen molar-refractivity contribution in [3.8, 4) is 5.75 Å². The molecule has 0 aromatic heterocycles. The Labute approximate surface area is 122 Å². The molecule has 2 aromatic rings. The van der Waals surface area contributed by atoms with E-state index in [1.807, 2.05) is 12.1 Å². The Balaban J connectivity index is 2.21. The minimum absolute atomic E-state index is 0.148. The Morgan fingerprint density at radius 3 is 2.71 bits per heavy atom. The number of rotatable bonds is 5. The van der Waals surface area contributed by atoms with Crippen molar-refractivity contribution in [2.45, 2.75) is 6.61 Å². The van der Waals surface area contributed by atoms with Crippen LogP contribution in [0.25, 0.3) is 0 Å². The van der Waals surface area contributed by atoms with Crippen LogP contribution >= 0.6 is 0 Å². The molecule has 0 spiro atoms. The fourth-order valence-electron chi connectivity index (χ4n) is 1.96. The molecule has 2 rings (SSSR count). The summed E-state index contributed by atoms with van der Waals surface area (Å²) in [5, 5.41) is 2.72. The number of methoxy groups -OCH3 is 2. The number of hydrogen-bond donors (Lipinski definition) is 1. The summed E-state index contributed by atoms with van der Waals surface area (Å²) in [5.41, 5.74) is 1.69. The molecule has 0 aliphatic heterocycles. The number of ether oxygens (including phenoxy) is 2. The van der Waals surface area contributed by atoms with Crippen molar-refractivity contribution < 1.29 is 18.7 Å². The molecule has 4 nitrogen and oxygen atoms in total. The Hall–Kier alpha value is -2.40. The molecule has 0 atom stereocenters. The monoisotopic (exact) mass is 289 g/mol. The predicted molar refractivity (Wildman–Crippen MR) is 78.1 cm³/mol. The molecular weight excluding hydrogens is 273 g/mol. The van der Waals surface area contributed by atoms with E-state index < -0.39 is 11.7 Å². The normalized spacial score (nSPS) is 10.2. The molecule has 21 heavy (non-hydrogen) atoms. The summed E-state index contributed by atoms with van der Waals surface area (Å²) in [6, 6.07) is 11.1. The van der Waals surface area contributed by atoms with Gasteiger partial charge in [-0.2, -0.15) is 0 Å². The standard InChI is InChI=1S/C16H16FNO3/c1-20-10-11-4-3-5-13(8-11)18-16(19)14-9-12(17)6-7-15(14)21-2/h3-9H,10H2,1-2H3,(H,18,19). The van der Waals surface area contributed by atoms with E-state index in [0.29, 0.717) is 18.0 Å². The fourth-order valence-corrected chi connectivity index (χ4v) is 1.96. The number of anilines is 1. The van der Waals surface area contributed by atoms with Gasteiger partial charge in [-0.3, -0.25) is 4.79 Å². The lowest BCUT2D eigenvalue weighted by Gasteiger charge is -2.10. The van der Waals surface area contributed by atoms with Crippen LogP contribution in [0, 0.1) is 5.82 Å². The summed E-state index contributed by atoms with van der Waals surface area (Å²) in [7, 11) is 3.03. The summed E-state index contributed by atoms with van der Waals surface area (Å²) >= 11 is 0. The highest BCUT2D eigenvalue weighted by Gasteiger charge is 2.13. The van der Waals surface area contributed by atoms with E-state index in [4.69, 9.17) is 9.47 Å². The van der Waals surface area contributed by atoms with Crippen LogP contribution in [0.3, 0.4) is 0 Å². The van der Waals surface area contributed by atoms with E-state index in [2.05, 4.69) is 5.32 Å². The summed E-state index contributed by atoms with van der Waals surface area (Å²) < 4.78 is 23.4. The number of amides is 1. The molecule has 0 fully saturated rings. The molecule has 5 heteroatoms. The molecule has 0 unspecified atom stereocenters. The van der Waals surface area contributed by atoms with Gasteiger partial charge in [-0.25, -0.2) is 4.39 Å². The van der Waals surface area contributed by atoms with Gasteiger partial charge in [-0.1, -0.05) is 12.1 Å². The van der Waals surface area contributed by atoms with Crippen LogP contribution in [-0.4, -0.2) is 20.1 Å². The zero-order chi connectivity index (χ0) is 15.2. The lowest BCUT2D eigenvalue weighted by atomic mass is 10.1. The van der Waals surface area contributed by atoms with Crippen molar-refractivity contribution in [3.05, 3.63) is 59.4 Å². The quantitative estimate of drug-likeness (QED) is 0.919. The fraction of sp³-hybridized carbons (Fsp3) is 0.188. The molecule has 0 saturated heterocycles. The second kappa shape index (κ2) is 6.85. The highest BCUT2D eigenvalue weighted by Crippen LogP contribution is 2.21. The number of halogens is 1. The van der Waals surface area contributed by atoms with Crippen LogP contribution in [0.4, 0.5) is 10.1 Å². The Morgan fingerprint density at radius 1 is 1.19 bits per heavy atom. The van der Waals surface area contributed by atoms with Gasteiger partial charge in [0.1, 0.15) is 11.6 Å². The first-order chi connectivity index (χ1) is 10.1. The van der Waals surface area contributed by atoms with Crippen LogP contribution in [0.5, 0.6) is 5.75 Å². The Kier molecular flexibility index (Phi) is 4.90. The Bertz CT molecular complexity index is 643. The van der Waals surface area contributed by atoms with Gasteiger partial charge in [0.2, 0.25) is 0 Å². The molecule has 0 radical (unpaired) electrons. The van der Waals surface area contributed by atoms with Crippen LogP contribution in [0.1, 0.15) is 15.9 Å². The van der Waals surface area contributed by atoms with Gasteiger partial charge in [0.25, 0.3) is 5.91 Å². The van der Waals surface area contributed by atoms with Crippen molar-refractivity contribution in [1.82, 2.24) is 0 Å². The third-order valence-electron chi connectivity index (χ3n) is 2.90. The van der Waals surface area contributed by atoms with E-state index in [9.17, 15) is 9.18 Å². The maximum atomic E-state index is 13.3. The van der Waals surface area contributed by atoms with Crippen molar-refractivity contribution in [3.63, 3.8) is 0 Å². The average molecular weight is 289 g/mol. The molecule has 0 bridgehead atoms. The third-order valence-corrected chi connectivity index (χ3v) is 2.90. The van der Waals surface area contributed by atoms with Gasteiger partial charge < -0.3 is 14.8 Å². The molecular formula is C16H16FNO3. The van der Waals surface area contributed by atoms with Gasteiger partial charge in [-0.15, -0.1) is 0 Å². The maximum absolute atomic E-state index is 13.3. The molecule has 0 saturated carbocycles. The number of benzene rings is 2. The molecule has 0 aliphatic carbocycles. The largest absolute Gasteiger partial charge is 0.496 e. The van der Waals surface area contributed by atoms with Crippen molar-refractivity contribution >= 4 is 11.6 Å². The molecule has 1 N–H and O–H groups in total. The zero-order valence-electron chi connectivity index (χ0n) is 11.9. The number of carbonyl (C=O) groups excluding carboxylic acids is 1. The van der Waals surface area contributed by atoms with Crippen molar-refractivity contribution in [2.24, 2.45) is 0 Å². The molecule has 0 aliphatic rings. The highest BCUT2D eigenvalue weighted by atomic mass is 19.1. The smallest absolute Gasteiger partial charge is 0.259 e. The van der Waals surface area contributed by atoms with Crippen LogP contribution < -0.4 is 10.1 Å². The van der Waals surface area contributed by atoms with Gasteiger partial charge in [-0.05, 0) is 35.9 Å². The highest BCUT2D eigenvalue weighted by molar-refractivity contribution is 6.06.